The van der Waals surface area contributed by atoms with Gasteiger partial charge in [0.1, 0.15) is 5.65 Å². The SMILES string of the molecule is Cc1[nH]c2ncccc2c1CCNC(=O)/C=C/CN(C)C. The number of rotatable bonds is 6. The third kappa shape index (κ3) is 4.16. The minimum absolute atomic E-state index is 0.0486. The molecule has 2 aromatic heterocycles. The van der Waals surface area contributed by atoms with E-state index < -0.39 is 0 Å². The van der Waals surface area contributed by atoms with E-state index in [0.29, 0.717) is 6.54 Å². The third-order valence-corrected chi connectivity index (χ3v) is 3.31. The van der Waals surface area contributed by atoms with E-state index in [9.17, 15) is 4.79 Å². The van der Waals surface area contributed by atoms with Crippen LogP contribution in [-0.4, -0.2) is 48.0 Å². The lowest BCUT2D eigenvalue weighted by molar-refractivity contribution is -0.116. The fourth-order valence-corrected chi connectivity index (χ4v) is 2.27. The summed E-state index contributed by atoms with van der Waals surface area (Å²) in [6.07, 6.45) is 6.02. The first kappa shape index (κ1) is 15.3. The van der Waals surface area contributed by atoms with E-state index >= 15 is 0 Å². The molecular weight excluding hydrogens is 264 g/mol. The molecule has 0 unspecified atom stereocenters. The summed E-state index contributed by atoms with van der Waals surface area (Å²) in [4.78, 5) is 21.2. The Morgan fingerprint density at radius 3 is 3.05 bits per heavy atom. The van der Waals surface area contributed by atoms with Crippen molar-refractivity contribution in [3.05, 3.63) is 41.7 Å². The topological polar surface area (TPSA) is 61.0 Å². The zero-order valence-corrected chi connectivity index (χ0v) is 12.8. The van der Waals surface area contributed by atoms with Crippen molar-refractivity contribution in [1.29, 1.82) is 0 Å². The van der Waals surface area contributed by atoms with Crippen molar-refractivity contribution in [2.24, 2.45) is 0 Å². The van der Waals surface area contributed by atoms with Crippen LogP contribution in [0, 0.1) is 6.92 Å². The van der Waals surface area contributed by atoms with Crippen molar-refractivity contribution >= 4 is 16.9 Å². The van der Waals surface area contributed by atoms with Gasteiger partial charge in [0, 0.05) is 36.4 Å². The van der Waals surface area contributed by atoms with Gasteiger partial charge in [0.15, 0.2) is 0 Å². The lowest BCUT2D eigenvalue weighted by Gasteiger charge is -2.05. The van der Waals surface area contributed by atoms with Crippen LogP contribution in [0.4, 0.5) is 0 Å². The molecule has 0 aliphatic rings. The van der Waals surface area contributed by atoms with E-state index in [1.807, 2.05) is 38.1 Å². The largest absolute Gasteiger partial charge is 0.352 e. The van der Waals surface area contributed by atoms with E-state index in [1.54, 1.807) is 12.3 Å². The Bertz CT molecular complexity index is 643. The minimum atomic E-state index is -0.0486. The molecule has 1 amide bonds. The van der Waals surface area contributed by atoms with Gasteiger partial charge in [-0.1, -0.05) is 6.08 Å². The molecule has 0 saturated heterocycles. The molecule has 0 fully saturated rings. The highest BCUT2D eigenvalue weighted by atomic mass is 16.1. The van der Waals surface area contributed by atoms with Crippen LogP contribution >= 0.6 is 0 Å². The van der Waals surface area contributed by atoms with E-state index in [1.165, 1.54) is 5.56 Å². The van der Waals surface area contributed by atoms with Gasteiger partial charge in [0.05, 0.1) is 0 Å². The predicted molar refractivity (Wildman–Crippen MR) is 85.2 cm³/mol. The van der Waals surface area contributed by atoms with Gasteiger partial charge in [-0.3, -0.25) is 4.79 Å². The standard InChI is InChI=1S/C16H22N4O/c1-12-13(14-6-4-9-18-16(14)19-12)8-10-17-15(21)7-5-11-20(2)3/h4-7,9H,8,10-11H2,1-3H3,(H,17,21)(H,18,19)/b7-5+. The van der Waals surface area contributed by atoms with Gasteiger partial charge in [-0.05, 0) is 45.1 Å². The maximum Gasteiger partial charge on any atom is 0.243 e. The number of aromatic nitrogens is 2. The number of hydrogen-bond acceptors (Lipinski definition) is 3. The minimum Gasteiger partial charge on any atom is -0.352 e. The van der Waals surface area contributed by atoms with Gasteiger partial charge in [-0.25, -0.2) is 4.98 Å². The number of carbonyl (C=O) groups excluding carboxylic acids is 1. The molecule has 0 aliphatic carbocycles. The Hall–Kier alpha value is -2.14. The van der Waals surface area contributed by atoms with E-state index in [-0.39, 0.29) is 5.91 Å². The summed E-state index contributed by atoms with van der Waals surface area (Å²) in [7, 11) is 3.94. The summed E-state index contributed by atoms with van der Waals surface area (Å²) in [6.45, 7) is 3.42. The van der Waals surface area contributed by atoms with Crippen molar-refractivity contribution < 1.29 is 4.79 Å². The lowest BCUT2D eigenvalue weighted by Crippen LogP contribution is -2.24. The van der Waals surface area contributed by atoms with Crippen LogP contribution in [-0.2, 0) is 11.2 Å². The van der Waals surface area contributed by atoms with Gasteiger partial charge >= 0.3 is 0 Å². The number of nitrogens with one attached hydrogen (secondary N) is 2. The van der Waals surface area contributed by atoms with Crippen LogP contribution in [0.2, 0.25) is 0 Å². The average Bonchev–Trinajstić information content (AvgIpc) is 2.75. The first-order valence-electron chi connectivity index (χ1n) is 7.09. The molecule has 2 N–H and O–H groups in total. The number of amides is 1. The van der Waals surface area contributed by atoms with Crippen LogP contribution in [0.3, 0.4) is 0 Å². The highest BCUT2D eigenvalue weighted by Gasteiger charge is 2.08. The van der Waals surface area contributed by atoms with Gasteiger partial charge in [-0.2, -0.15) is 0 Å². The second-order valence-corrected chi connectivity index (χ2v) is 5.33. The van der Waals surface area contributed by atoms with Crippen LogP contribution in [0.5, 0.6) is 0 Å². The summed E-state index contributed by atoms with van der Waals surface area (Å²) < 4.78 is 0. The Morgan fingerprint density at radius 1 is 1.48 bits per heavy atom. The summed E-state index contributed by atoms with van der Waals surface area (Å²) in [5.41, 5.74) is 3.24. The van der Waals surface area contributed by atoms with E-state index in [4.69, 9.17) is 0 Å². The number of H-pyrrole nitrogens is 1. The molecule has 0 saturated carbocycles. The second-order valence-electron chi connectivity index (χ2n) is 5.33. The molecule has 21 heavy (non-hydrogen) atoms. The number of aromatic amines is 1. The van der Waals surface area contributed by atoms with Crippen molar-refractivity contribution in [3.8, 4) is 0 Å². The second kappa shape index (κ2) is 7.04. The smallest absolute Gasteiger partial charge is 0.243 e. The molecular formula is C16H22N4O. The van der Waals surface area contributed by atoms with E-state index in [0.717, 1.165) is 29.7 Å². The number of likely N-dealkylation sites (N-methyl/N-ethyl adjacent to an activating group) is 1. The number of fused-ring (bicyclic) bond motifs is 1. The van der Waals surface area contributed by atoms with E-state index in [2.05, 4.69) is 21.4 Å². The summed E-state index contributed by atoms with van der Waals surface area (Å²) in [5.74, 6) is -0.0486. The van der Waals surface area contributed by atoms with Crippen molar-refractivity contribution in [2.45, 2.75) is 13.3 Å². The van der Waals surface area contributed by atoms with Gasteiger partial charge in [0.2, 0.25) is 5.91 Å². The normalized spacial score (nSPS) is 11.6. The van der Waals surface area contributed by atoms with Crippen LogP contribution < -0.4 is 5.32 Å². The quantitative estimate of drug-likeness (QED) is 0.794. The van der Waals surface area contributed by atoms with Gasteiger partial charge in [-0.15, -0.1) is 0 Å². The summed E-state index contributed by atoms with van der Waals surface area (Å²) in [6, 6.07) is 3.99. The van der Waals surface area contributed by atoms with Crippen molar-refractivity contribution in [1.82, 2.24) is 20.2 Å². The monoisotopic (exact) mass is 286 g/mol. The molecule has 0 atom stereocenters. The molecule has 5 nitrogen and oxygen atoms in total. The zero-order chi connectivity index (χ0) is 15.2. The zero-order valence-electron chi connectivity index (χ0n) is 12.8. The lowest BCUT2D eigenvalue weighted by atomic mass is 10.1. The Kier molecular flexibility index (Phi) is 5.11. The highest BCUT2D eigenvalue weighted by molar-refractivity contribution is 5.87. The van der Waals surface area contributed by atoms with Gasteiger partial charge < -0.3 is 15.2 Å². The van der Waals surface area contributed by atoms with Crippen molar-refractivity contribution in [3.63, 3.8) is 0 Å². The van der Waals surface area contributed by atoms with Gasteiger partial charge in [0.25, 0.3) is 0 Å². The molecule has 112 valence electrons. The number of nitrogens with zero attached hydrogens (tertiary/aromatic N) is 2. The van der Waals surface area contributed by atoms with Crippen molar-refractivity contribution in [2.75, 3.05) is 27.2 Å². The molecule has 2 heterocycles. The fourth-order valence-electron chi connectivity index (χ4n) is 2.27. The Morgan fingerprint density at radius 2 is 2.29 bits per heavy atom. The summed E-state index contributed by atoms with van der Waals surface area (Å²) >= 11 is 0. The van der Waals surface area contributed by atoms with Crippen LogP contribution in [0.15, 0.2) is 30.5 Å². The first-order valence-corrected chi connectivity index (χ1v) is 7.09. The number of pyridine rings is 1. The molecule has 0 aliphatic heterocycles. The highest BCUT2D eigenvalue weighted by Crippen LogP contribution is 2.20. The third-order valence-electron chi connectivity index (χ3n) is 3.31. The Balaban J connectivity index is 1.89. The maximum atomic E-state index is 11.7. The maximum absolute atomic E-state index is 11.7. The first-order chi connectivity index (χ1) is 10.1. The molecule has 0 spiro atoms. The molecule has 0 aromatic carbocycles. The summed E-state index contributed by atoms with van der Waals surface area (Å²) in [5, 5.41) is 4.04. The predicted octanol–water partition coefficient (Wildman–Crippen LogP) is 1.65. The molecule has 0 bridgehead atoms. The van der Waals surface area contributed by atoms with Crippen LogP contribution in [0.25, 0.3) is 11.0 Å². The molecule has 2 rings (SSSR count). The number of aryl methyl sites for hydroxylation is 1. The molecule has 2 aromatic rings. The average molecular weight is 286 g/mol. The van der Waals surface area contributed by atoms with Crippen LogP contribution in [0.1, 0.15) is 11.3 Å². The number of hydrogen-bond donors (Lipinski definition) is 2. The molecule has 0 radical (unpaired) electrons. The fraction of sp³-hybridized carbons (Fsp3) is 0.375. The molecule has 5 heteroatoms. The number of carbonyl (C=O) groups is 1. The Labute approximate surface area is 125 Å².